The second kappa shape index (κ2) is 10.0. The SMILES string of the molecule is CC(=O)c1nn(CC(=O)N2[C@H](C(=O)Nc3nc(Br)c(F)cc3C)C[C@@]3(C#N)C[C@@H]23)c2cnc(-c3cnc(C)nc3)cc12. The first-order valence-corrected chi connectivity index (χ1v) is 13.8. The maximum Gasteiger partial charge on any atom is 0.248 e. The number of ketones is 1. The summed E-state index contributed by atoms with van der Waals surface area (Å²) < 4.78 is 15.2. The van der Waals surface area contributed by atoms with E-state index in [-0.39, 0.29) is 34.9 Å². The minimum absolute atomic E-state index is 0.0578. The molecule has 0 radical (unpaired) electrons. The number of likely N-dealkylation sites (tertiary alicyclic amines) is 1. The molecule has 42 heavy (non-hydrogen) atoms. The standard InChI is InChI=1S/C28H23BrFN9O3/c1-13-4-18(30)25(29)35-26(13)36-27(42)20-6-28(12-31)7-22(28)39(20)23(41)11-38-21-10-34-19(16-8-32-15(3)33-9-16)5-17(21)24(37-38)14(2)40/h4-5,8-10,20,22H,6-7,11H2,1-3H3,(H,35,36,42)/t20-,22+,28-/m0/s1. The summed E-state index contributed by atoms with van der Waals surface area (Å²) in [4.78, 5) is 58.0. The van der Waals surface area contributed by atoms with Crippen LogP contribution in [0.1, 0.15) is 41.6 Å². The third kappa shape index (κ3) is 4.59. The number of halogens is 2. The van der Waals surface area contributed by atoms with E-state index in [1.807, 2.05) is 0 Å². The van der Waals surface area contributed by atoms with E-state index >= 15 is 0 Å². The number of rotatable bonds is 6. The lowest BCUT2D eigenvalue weighted by Gasteiger charge is -2.26. The molecule has 1 saturated carbocycles. The van der Waals surface area contributed by atoms with Crippen LogP contribution in [0.15, 0.2) is 35.3 Å². The van der Waals surface area contributed by atoms with Crippen molar-refractivity contribution in [3.63, 3.8) is 0 Å². The zero-order valence-electron chi connectivity index (χ0n) is 22.7. The van der Waals surface area contributed by atoms with Crippen molar-refractivity contribution in [1.29, 1.82) is 5.26 Å². The number of hydrogen-bond acceptors (Lipinski definition) is 9. The molecule has 12 nitrogen and oxygen atoms in total. The largest absolute Gasteiger partial charge is 0.324 e. The van der Waals surface area contributed by atoms with Crippen molar-refractivity contribution in [1.82, 2.24) is 34.6 Å². The van der Waals surface area contributed by atoms with Gasteiger partial charge in [-0.05, 0) is 60.3 Å². The highest BCUT2D eigenvalue weighted by molar-refractivity contribution is 9.10. The van der Waals surface area contributed by atoms with Crippen molar-refractivity contribution < 1.29 is 18.8 Å². The quantitative estimate of drug-likeness (QED) is 0.248. The van der Waals surface area contributed by atoms with Gasteiger partial charge in [-0.3, -0.25) is 24.0 Å². The summed E-state index contributed by atoms with van der Waals surface area (Å²) >= 11 is 3.02. The Morgan fingerprint density at radius 3 is 2.60 bits per heavy atom. The summed E-state index contributed by atoms with van der Waals surface area (Å²) in [7, 11) is 0. The van der Waals surface area contributed by atoms with Crippen molar-refractivity contribution in [3.8, 4) is 17.3 Å². The predicted molar refractivity (Wildman–Crippen MR) is 150 cm³/mol. The van der Waals surface area contributed by atoms with Gasteiger partial charge in [-0.1, -0.05) is 0 Å². The number of pyridine rings is 2. The van der Waals surface area contributed by atoms with Gasteiger partial charge < -0.3 is 10.2 Å². The number of amides is 2. The maximum absolute atomic E-state index is 13.9. The third-order valence-electron chi connectivity index (χ3n) is 7.78. The van der Waals surface area contributed by atoms with Crippen LogP contribution in [-0.4, -0.2) is 64.3 Å². The van der Waals surface area contributed by atoms with Crippen LogP contribution in [0.25, 0.3) is 22.2 Å². The van der Waals surface area contributed by atoms with E-state index < -0.39 is 35.1 Å². The minimum atomic E-state index is -0.943. The Labute approximate surface area is 247 Å². The van der Waals surface area contributed by atoms with Crippen LogP contribution in [0.2, 0.25) is 0 Å². The molecule has 4 aromatic rings. The molecule has 212 valence electrons. The Bertz CT molecular complexity index is 1850. The molecule has 5 heterocycles. The molecule has 6 rings (SSSR count). The number of anilines is 1. The number of nitrogens with zero attached hydrogens (tertiary/aromatic N) is 8. The summed E-state index contributed by atoms with van der Waals surface area (Å²) in [5, 5.41) is 17.5. The Morgan fingerprint density at radius 2 is 1.90 bits per heavy atom. The first kappa shape index (κ1) is 27.5. The van der Waals surface area contributed by atoms with Crippen LogP contribution in [0, 0.1) is 36.4 Å². The van der Waals surface area contributed by atoms with Crippen LogP contribution >= 0.6 is 15.9 Å². The summed E-state index contributed by atoms with van der Waals surface area (Å²) in [6, 6.07) is 3.85. The molecule has 1 aliphatic heterocycles. The molecule has 2 amide bonds. The van der Waals surface area contributed by atoms with Crippen LogP contribution in [0.3, 0.4) is 0 Å². The van der Waals surface area contributed by atoms with Gasteiger partial charge in [-0.2, -0.15) is 10.4 Å². The highest BCUT2D eigenvalue weighted by atomic mass is 79.9. The van der Waals surface area contributed by atoms with E-state index in [0.717, 1.165) is 0 Å². The second-order valence-electron chi connectivity index (χ2n) is 10.6. The van der Waals surface area contributed by atoms with Crippen LogP contribution in [-0.2, 0) is 16.1 Å². The van der Waals surface area contributed by atoms with Gasteiger partial charge in [0.1, 0.15) is 34.5 Å². The Morgan fingerprint density at radius 1 is 1.17 bits per heavy atom. The van der Waals surface area contributed by atoms with Crippen LogP contribution < -0.4 is 5.32 Å². The average molecular weight is 632 g/mol. The Hall–Kier alpha value is -4.64. The molecule has 14 heteroatoms. The van der Waals surface area contributed by atoms with Crippen molar-refractivity contribution >= 4 is 50.2 Å². The van der Waals surface area contributed by atoms with Gasteiger partial charge in [-0.15, -0.1) is 0 Å². The van der Waals surface area contributed by atoms with Gasteiger partial charge in [0.25, 0.3) is 0 Å². The number of nitrogens with one attached hydrogen (secondary N) is 1. The molecule has 1 aliphatic carbocycles. The molecular weight excluding hydrogens is 609 g/mol. The molecule has 0 spiro atoms. The number of Topliss-reactive ketones (excluding diaryl/α,β-unsaturated/α-hetero) is 1. The van der Waals surface area contributed by atoms with Gasteiger partial charge in [0, 0.05) is 30.3 Å². The highest BCUT2D eigenvalue weighted by Crippen LogP contribution is 2.59. The normalized spacial score (nSPS) is 20.7. The average Bonchev–Trinajstić information content (AvgIpc) is 3.39. The number of aromatic nitrogens is 6. The van der Waals surface area contributed by atoms with E-state index in [1.54, 1.807) is 32.3 Å². The lowest BCUT2D eigenvalue weighted by Crippen LogP contribution is -2.47. The molecule has 2 fully saturated rings. The van der Waals surface area contributed by atoms with E-state index in [2.05, 4.69) is 52.4 Å². The van der Waals surface area contributed by atoms with Crippen molar-refractivity contribution in [2.75, 3.05) is 5.32 Å². The van der Waals surface area contributed by atoms with Crippen LogP contribution in [0.5, 0.6) is 0 Å². The van der Waals surface area contributed by atoms with Gasteiger partial charge in [0.2, 0.25) is 11.8 Å². The maximum atomic E-state index is 13.9. The number of nitriles is 1. The summed E-state index contributed by atoms with van der Waals surface area (Å²) in [5.74, 6) is -1.07. The molecular formula is C28H23BrFN9O3. The topological polar surface area (TPSA) is 160 Å². The third-order valence-corrected chi connectivity index (χ3v) is 8.33. The fourth-order valence-corrected chi connectivity index (χ4v) is 5.78. The minimum Gasteiger partial charge on any atom is -0.324 e. The number of carbonyl (C=O) groups excluding carboxylic acids is 3. The lowest BCUT2D eigenvalue weighted by atomic mass is 10.0. The Kier molecular flexibility index (Phi) is 6.57. The number of carbonyl (C=O) groups is 3. The monoisotopic (exact) mass is 631 g/mol. The molecule has 2 aliphatic rings. The number of piperidine rings is 1. The fourth-order valence-electron chi connectivity index (χ4n) is 5.49. The summed E-state index contributed by atoms with van der Waals surface area (Å²) in [5.41, 5.74) is 1.43. The molecule has 3 atom stereocenters. The van der Waals surface area contributed by atoms with Gasteiger partial charge in [0.15, 0.2) is 11.6 Å². The molecule has 1 saturated heterocycles. The van der Waals surface area contributed by atoms with E-state index in [1.165, 1.54) is 28.8 Å². The van der Waals surface area contributed by atoms with Crippen LogP contribution in [0.4, 0.5) is 10.2 Å². The van der Waals surface area contributed by atoms with Crippen molar-refractivity contribution in [2.45, 2.75) is 52.2 Å². The zero-order valence-corrected chi connectivity index (χ0v) is 24.3. The second-order valence-corrected chi connectivity index (χ2v) is 11.3. The Balaban J connectivity index is 1.30. The van der Waals surface area contributed by atoms with E-state index in [9.17, 15) is 24.0 Å². The summed E-state index contributed by atoms with van der Waals surface area (Å²) in [6.07, 6.45) is 5.42. The molecule has 4 aromatic heterocycles. The molecule has 0 unspecified atom stereocenters. The molecule has 0 bridgehead atoms. The van der Waals surface area contributed by atoms with E-state index in [0.29, 0.717) is 40.0 Å². The molecule has 1 N–H and O–H groups in total. The van der Waals surface area contributed by atoms with Crippen molar-refractivity contribution in [2.24, 2.45) is 5.41 Å². The van der Waals surface area contributed by atoms with Gasteiger partial charge in [0.05, 0.1) is 34.9 Å². The zero-order chi connectivity index (χ0) is 29.9. The fraction of sp³-hybridized carbons (Fsp3) is 0.321. The van der Waals surface area contributed by atoms with Gasteiger partial charge >= 0.3 is 0 Å². The number of fused-ring (bicyclic) bond motifs is 2. The highest BCUT2D eigenvalue weighted by Gasteiger charge is 2.68. The number of hydrogen-bond donors (Lipinski definition) is 1. The first-order chi connectivity index (χ1) is 20.0. The lowest BCUT2D eigenvalue weighted by molar-refractivity contribution is -0.138. The number of aryl methyl sites for hydroxylation is 2. The molecule has 0 aromatic carbocycles. The predicted octanol–water partition coefficient (Wildman–Crippen LogP) is 3.53. The smallest absolute Gasteiger partial charge is 0.248 e. The van der Waals surface area contributed by atoms with E-state index in [4.69, 9.17) is 0 Å². The first-order valence-electron chi connectivity index (χ1n) is 13.0. The summed E-state index contributed by atoms with van der Waals surface area (Å²) in [6.45, 7) is 4.48. The van der Waals surface area contributed by atoms with Crippen molar-refractivity contribution in [3.05, 3.63) is 58.2 Å². The van der Waals surface area contributed by atoms with Gasteiger partial charge in [-0.25, -0.2) is 19.3 Å².